The molecule has 2 amide bonds. The Bertz CT molecular complexity index is 671. The van der Waals surface area contributed by atoms with Gasteiger partial charge in [-0.05, 0) is 25.0 Å². The van der Waals surface area contributed by atoms with E-state index in [0.717, 1.165) is 57.0 Å². The van der Waals surface area contributed by atoms with Crippen molar-refractivity contribution in [3.63, 3.8) is 0 Å². The minimum atomic E-state index is 0.138. The van der Waals surface area contributed by atoms with Gasteiger partial charge in [0.05, 0.1) is 18.8 Å². The van der Waals surface area contributed by atoms with Crippen molar-refractivity contribution in [1.82, 2.24) is 15.1 Å². The Labute approximate surface area is 158 Å². The molecule has 26 heavy (non-hydrogen) atoms. The largest absolute Gasteiger partial charge is 0.352 e. The van der Waals surface area contributed by atoms with Gasteiger partial charge in [-0.25, -0.2) is 0 Å². The van der Waals surface area contributed by atoms with Gasteiger partial charge < -0.3 is 10.2 Å². The predicted octanol–water partition coefficient (Wildman–Crippen LogP) is 1.02. The highest BCUT2D eigenvalue weighted by atomic mass is 32.2. The van der Waals surface area contributed by atoms with Crippen LogP contribution in [0.25, 0.3) is 0 Å². The number of carbonyl (C=O) groups is 2. The van der Waals surface area contributed by atoms with E-state index in [1.54, 1.807) is 0 Å². The minimum absolute atomic E-state index is 0.138. The highest BCUT2D eigenvalue weighted by Gasteiger charge is 2.27. The number of nitrogens with one attached hydrogen (secondary N) is 1. The van der Waals surface area contributed by atoms with Gasteiger partial charge in [-0.3, -0.25) is 19.4 Å². The highest BCUT2D eigenvalue weighted by molar-refractivity contribution is 7.99. The van der Waals surface area contributed by atoms with Crippen molar-refractivity contribution >= 4 is 29.3 Å². The molecule has 7 heteroatoms. The highest BCUT2D eigenvalue weighted by Crippen LogP contribution is 2.34. The van der Waals surface area contributed by atoms with Gasteiger partial charge in [-0.15, -0.1) is 11.8 Å². The van der Waals surface area contributed by atoms with Gasteiger partial charge in [0.2, 0.25) is 11.8 Å². The molecule has 3 aliphatic rings. The van der Waals surface area contributed by atoms with Crippen LogP contribution in [0.15, 0.2) is 29.2 Å². The number of nitrogens with zero attached hydrogens (tertiary/aromatic N) is 3. The van der Waals surface area contributed by atoms with Crippen LogP contribution in [-0.4, -0.2) is 79.2 Å². The lowest BCUT2D eigenvalue weighted by molar-refractivity contribution is -0.124. The Balaban J connectivity index is 1.25. The van der Waals surface area contributed by atoms with E-state index < -0.39 is 0 Å². The number of hydrogen-bond acceptors (Lipinski definition) is 5. The SMILES string of the molecule is O=C(CN1CCN(CC(=O)N2CCSc3ccccc32)CC1)NC1CC1. The van der Waals surface area contributed by atoms with Crippen molar-refractivity contribution in [2.75, 3.05) is 56.5 Å². The van der Waals surface area contributed by atoms with Crippen LogP contribution in [0.5, 0.6) is 0 Å². The molecule has 1 aromatic rings. The van der Waals surface area contributed by atoms with E-state index in [9.17, 15) is 9.59 Å². The predicted molar refractivity (Wildman–Crippen MR) is 104 cm³/mol. The van der Waals surface area contributed by atoms with E-state index in [1.165, 1.54) is 4.90 Å². The maximum atomic E-state index is 12.8. The Kier molecular flexibility index (Phi) is 5.47. The van der Waals surface area contributed by atoms with Gasteiger partial charge in [-0.2, -0.15) is 0 Å². The molecular formula is C19H26N4O2S. The van der Waals surface area contributed by atoms with Crippen LogP contribution in [0.3, 0.4) is 0 Å². The fraction of sp³-hybridized carbons (Fsp3) is 0.579. The first-order valence-electron chi connectivity index (χ1n) is 9.45. The average molecular weight is 375 g/mol. The molecule has 1 aliphatic carbocycles. The molecule has 2 fully saturated rings. The third kappa shape index (κ3) is 4.39. The summed E-state index contributed by atoms with van der Waals surface area (Å²) in [7, 11) is 0. The molecule has 2 heterocycles. The maximum absolute atomic E-state index is 12.8. The fourth-order valence-corrected chi connectivity index (χ4v) is 4.51. The monoisotopic (exact) mass is 374 g/mol. The van der Waals surface area contributed by atoms with Gasteiger partial charge in [0.15, 0.2) is 0 Å². The summed E-state index contributed by atoms with van der Waals surface area (Å²) in [5.74, 6) is 1.27. The molecule has 4 rings (SSSR count). The molecule has 0 spiro atoms. The second-order valence-corrected chi connectivity index (χ2v) is 8.39. The zero-order valence-electron chi connectivity index (χ0n) is 15.0. The van der Waals surface area contributed by atoms with Crippen LogP contribution in [0.4, 0.5) is 5.69 Å². The lowest BCUT2D eigenvalue weighted by Crippen LogP contribution is -2.52. The first-order chi connectivity index (χ1) is 12.7. The number of thioether (sulfide) groups is 1. The minimum Gasteiger partial charge on any atom is -0.352 e. The Hall–Kier alpha value is -1.57. The second-order valence-electron chi connectivity index (χ2n) is 7.26. The topological polar surface area (TPSA) is 55.9 Å². The van der Waals surface area contributed by atoms with Crippen molar-refractivity contribution in [3.8, 4) is 0 Å². The van der Waals surface area contributed by atoms with Crippen molar-refractivity contribution in [3.05, 3.63) is 24.3 Å². The van der Waals surface area contributed by atoms with E-state index in [4.69, 9.17) is 0 Å². The summed E-state index contributed by atoms with van der Waals surface area (Å²) in [6, 6.07) is 8.57. The molecule has 6 nitrogen and oxygen atoms in total. The molecule has 0 atom stereocenters. The van der Waals surface area contributed by atoms with E-state index in [0.29, 0.717) is 19.1 Å². The molecule has 1 saturated heterocycles. The lowest BCUT2D eigenvalue weighted by Gasteiger charge is -2.36. The van der Waals surface area contributed by atoms with Crippen LogP contribution < -0.4 is 10.2 Å². The molecule has 2 aliphatic heterocycles. The number of fused-ring (bicyclic) bond motifs is 1. The number of carbonyl (C=O) groups excluding carboxylic acids is 2. The quantitative estimate of drug-likeness (QED) is 0.834. The number of para-hydroxylation sites is 1. The second kappa shape index (κ2) is 7.98. The average Bonchev–Trinajstić information content (AvgIpc) is 3.46. The molecule has 1 saturated carbocycles. The van der Waals surface area contributed by atoms with Crippen LogP contribution in [0.1, 0.15) is 12.8 Å². The first-order valence-corrected chi connectivity index (χ1v) is 10.4. The zero-order valence-corrected chi connectivity index (χ0v) is 15.8. The Morgan fingerprint density at radius 1 is 1.00 bits per heavy atom. The fourth-order valence-electron chi connectivity index (χ4n) is 3.51. The summed E-state index contributed by atoms with van der Waals surface area (Å²) in [6.07, 6.45) is 2.25. The first kappa shape index (κ1) is 17.8. The van der Waals surface area contributed by atoms with Crippen LogP contribution in [-0.2, 0) is 9.59 Å². The summed E-state index contributed by atoms with van der Waals surface area (Å²) in [4.78, 5) is 32.3. The third-order valence-corrected chi connectivity index (χ3v) is 6.21. The molecule has 1 aromatic carbocycles. The van der Waals surface area contributed by atoms with Gasteiger partial charge in [-0.1, -0.05) is 12.1 Å². The molecule has 0 bridgehead atoms. The number of anilines is 1. The van der Waals surface area contributed by atoms with Gasteiger partial charge in [0.25, 0.3) is 0 Å². The summed E-state index contributed by atoms with van der Waals surface area (Å²) in [6.45, 7) is 5.09. The van der Waals surface area contributed by atoms with Crippen LogP contribution in [0, 0.1) is 0 Å². The number of piperazine rings is 1. The van der Waals surface area contributed by atoms with E-state index in [2.05, 4.69) is 21.2 Å². The van der Waals surface area contributed by atoms with E-state index in [-0.39, 0.29) is 11.8 Å². The number of amides is 2. The van der Waals surface area contributed by atoms with Gasteiger partial charge in [0.1, 0.15) is 0 Å². The van der Waals surface area contributed by atoms with Gasteiger partial charge >= 0.3 is 0 Å². The summed E-state index contributed by atoms with van der Waals surface area (Å²) in [5.41, 5.74) is 1.05. The molecule has 1 N–H and O–H groups in total. The third-order valence-electron chi connectivity index (χ3n) is 5.16. The Morgan fingerprint density at radius 2 is 1.69 bits per heavy atom. The van der Waals surface area contributed by atoms with E-state index >= 15 is 0 Å². The smallest absolute Gasteiger partial charge is 0.241 e. The van der Waals surface area contributed by atoms with Crippen molar-refractivity contribution in [2.24, 2.45) is 0 Å². The van der Waals surface area contributed by atoms with Gasteiger partial charge in [0, 0.05) is 49.4 Å². The normalized spacial score (nSPS) is 21.3. The maximum Gasteiger partial charge on any atom is 0.241 e. The zero-order chi connectivity index (χ0) is 17.9. The molecular weight excluding hydrogens is 348 g/mol. The molecule has 0 radical (unpaired) electrons. The molecule has 0 aromatic heterocycles. The number of rotatable bonds is 5. The van der Waals surface area contributed by atoms with Crippen molar-refractivity contribution in [2.45, 2.75) is 23.8 Å². The number of hydrogen-bond donors (Lipinski definition) is 1. The van der Waals surface area contributed by atoms with Crippen molar-refractivity contribution in [1.29, 1.82) is 0 Å². The van der Waals surface area contributed by atoms with Crippen LogP contribution in [0.2, 0.25) is 0 Å². The standard InChI is InChI=1S/C19H26N4O2S/c24-18(20-15-5-6-15)13-21-7-9-22(10-8-21)14-19(25)23-11-12-26-17-4-2-1-3-16(17)23/h1-4,15H,5-14H2,(H,20,24). The number of benzene rings is 1. The summed E-state index contributed by atoms with van der Waals surface area (Å²) >= 11 is 1.82. The molecule has 0 unspecified atom stereocenters. The van der Waals surface area contributed by atoms with Crippen molar-refractivity contribution < 1.29 is 9.59 Å². The lowest BCUT2D eigenvalue weighted by atomic mass is 10.2. The van der Waals surface area contributed by atoms with E-state index in [1.807, 2.05) is 34.9 Å². The van der Waals surface area contributed by atoms with Crippen LogP contribution >= 0.6 is 11.8 Å². The molecule has 140 valence electrons. The Morgan fingerprint density at radius 3 is 2.42 bits per heavy atom. The summed E-state index contributed by atoms with van der Waals surface area (Å²) in [5, 5.41) is 3.04. The summed E-state index contributed by atoms with van der Waals surface area (Å²) < 4.78 is 0.